The molecule has 1 aliphatic carbocycles. The normalized spacial score (nSPS) is 24.7. The highest BCUT2D eigenvalue weighted by atomic mass is 127. The molecular formula is C20H33IN4O. The van der Waals surface area contributed by atoms with E-state index in [9.17, 15) is 0 Å². The quantitative estimate of drug-likeness (QED) is 0.380. The van der Waals surface area contributed by atoms with E-state index < -0.39 is 0 Å². The standard InChI is InChI=1S/C20H32N4O.HI/c1-14-5-9-19(10-6-14)25-16(3)12-22-20(21-4)23-17-11-15(2)24(13-17)18-7-8-18;/h5-6,9-10,15-18H,7-8,11-13H2,1-4H3,(H2,21,22,23);1H. The Morgan fingerprint density at radius 2 is 2.00 bits per heavy atom. The number of likely N-dealkylation sites (tertiary alicyclic amines) is 1. The molecule has 1 aromatic rings. The SMILES string of the molecule is CN=C(NCC(C)Oc1ccc(C)cc1)NC1CC(C)N(C2CC2)C1.I. The van der Waals surface area contributed by atoms with Gasteiger partial charge >= 0.3 is 0 Å². The van der Waals surface area contributed by atoms with E-state index in [2.05, 4.69) is 53.4 Å². The molecule has 0 bridgehead atoms. The van der Waals surface area contributed by atoms with Crippen LogP contribution in [0.2, 0.25) is 0 Å². The summed E-state index contributed by atoms with van der Waals surface area (Å²) in [5, 5.41) is 6.97. The number of hydrogen-bond acceptors (Lipinski definition) is 3. The summed E-state index contributed by atoms with van der Waals surface area (Å²) >= 11 is 0. The fourth-order valence-electron chi connectivity index (χ4n) is 3.60. The summed E-state index contributed by atoms with van der Waals surface area (Å²) < 4.78 is 5.95. The van der Waals surface area contributed by atoms with Crippen molar-refractivity contribution in [3.05, 3.63) is 29.8 Å². The predicted octanol–water partition coefficient (Wildman–Crippen LogP) is 3.17. The number of halogens is 1. The zero-order valence-corrected chi connectivity index (χ0v) is 18.7. The second kappa shape index (κ2) is 9.78. The molecule has 6 heteroatoms. The Kier molecular flexibility index (Phi) is 8.01. The molecule has 1 heterocycles. The molecule has 2 aliphatic rings. The van der Waals surface area contributed by atoms with E-state index in [1.165, 1.54) is 24.8 Å². The van der Waals surface area contributed by atoms with Crippen LogP contribution in [0.15, 0.2) is 29.3 Å². The zero-order chi connectivity index (χ0) is 17.8. The van der Waals surface area contributed by atoms with Crippen LogP contribution in [-0.2, 0) is 0 Å². The minimum Gasteiger partial charge on any atom is -0.489 e. The molecule has 0 spiro atoms. The molecule has 146 valence electrons. The van der Waals surface area contributed by atoms with Gasteiger partial charge in [0.1, 0.15) is 11.9 Å². The van der Waals surface area contributed by atoms with Crippen LogP contribution < -0.4 is 15.4 Å². The predicted molar refractivity (Wildman–Crippen MR) is 119 cm³/mol. The van der Waals surface area contributed by atoms with Gasteiger partial charge in [-0.05, 0) is 52.2 Å². The Labute approximate surface area is 175 Å². The van der Waals surface area contributed by atoms with Gasteiger partial charge in [0.15, 0.2) is 5.96 Å². The van der Waals surface area contributed by atoms with E-state index in [1.54, 1.807) is 0 Å². The molecular weight excluding hydrogens is 439 g/mol. The van der Waals surface area contributed by atoms with Gasteiger partial charge in [0, 0.05) is 31.7 Å². The maximum Gasteiger partial charge on any atom is 0.191 e. The number of benzene rings is 1. The van der Waals surface area contributed by atoms with Crippen LogP contribution in [0, 0.1) is 6.92 Å². The highest BCUT2D eigenvalue weighted by molar-refractivity contribution is 14.0. The second-order valence-corrected chi connectivity index (χ2v) is 7.55. The first-order valence-corrected chi connectivity index (χ1v) is 9.51. The van der Waals surface area contributed by atoms with Gasteiger partial charge in [-0.2, -0.15) is 0 Å². The molecule has 26 heavy (non-hydrogen) atoms. The van der Waals surface area contributed by atoms with E-state index in [4.69, 9.17) is 4.74 Å². The minimum absolute atomic E-state index is 0. The van der Waals surface area contributed by atoms with Gasteiger partial charge in [0.2, 0.25) is 0 Å². The lowest BCUT2D eigenvalue weighted by Crippen LogP contribution is -2.47. The summed E-state index contributed by atoms with van der Waals surface area (Å²) in [7, 11) is 1.83. The third kappa shape index (κ3) is 6.01. The van der Waals surface area contributed by atoms with Gasteiger partial charge in [0.05, 0.1) is 6.54 Å². The molecule has 2 fully saturated rings. The van der Waals surface area contributed by atoms with Gasteiger partial charge in [-0.15, -0.1) is 24.0 Å². The van der Waals surface area contributed by atoms with Gasteiger partial charge in [-0.3, -0.25) is 9.89 Å². The van der Waals surface area contributed by atoms with Crippen molar-refractivity contribution in [3.8, 4) is 5.75 Å². The third-order valence-electron chi connectivity index (χ3n) is 5.12. The summed E-state index contributed by atoms with van der Waals surface area (Å²) in [4.78, 5) is 7.02. The van der Waals surface area contributed by atoms with Crippen molar-refractivity contribution < 1.29 is 4.74 Å². The van der Waals surface area contributed by atoms with E-state index in [-0.39, 0.29) is 30.1 Å². The molecule has 0 aromatic heterocycles. The van der Waals surface area contributed by atoms with Crippen molar-refractivity contribution in [2.24, 2.45) is 4.99 Å². The molecule has 3 atom stereocenters. The number of hydrogen-bond donors (Lipinski definition) is 2. The van der Waals surface area contributed by atoms with Crippen LogP contribution in [0.25, 0.3) is 0 Å². The topological polar surface area (TPSA) is 48.9 Å². The first kappa shape index (κ1) is 21.3. The van der Waals surface area contributed by atoms with Crippen LogP contribution in [0.1, 0.15) is 38.7 Å². The number of rotatable bonds is 6. The largest absolute Gasteiger partial charge is 0.489 e. The first-order chi connectivity index (χ1) is 12.0. The van der Waals surface area contributed by atoms with Crippen molar-refractivity contribution in [2.45, 2.75) is 64.3 Å². The molecule has 1 aliphatic heterocycles. The monoisotopic (exact) mass is 472 g/mol. The van der Waals surface area contributed by atoms with Crippen LogP contribution in [0.5, 0.6) is 5.75 Å². The molecule has 1 saturated carbocycles. The average molecular weight is 472 g/mol. The fraction of sp³-hybridized carbons (Fsp3) is 0.650. The highest BCUT2D eigenvalue weighted by Gasteiger charge is 2.38. The van der Waals surface area contributed by atoms with E-state index in [0.29, 0.717) is 12.1 Å². The third-order valence-corrected chi connectivity index (χ3v) is 5.12. The van der Waals surface area contributed by atoms with E-state index >= 15 is 0 Å². The number of guanidine groups is 1. The molecule has 3 rings (SSSR count). The van der Waals surface area contributed by atoms with Crippen molar-refractivity contribution >= 4 is 29.9 Å². The summed E-state index contributed by atoms with van der Waals surface area (Å²) in [6, 6.07) is 10.2. The Balaban J connectivity index is 0.00000243. The van der Waals surface area contributed by atoms with Crippen molar-refractivity contribution in [3.63, 3.8) is 0 Å². The molecule has 0 radical (unpaired) electrons. The van der Waals surface area contributed by atoms with Gasteiger partial charge in [-0.1, -0.05) is 17.7 Å². The number of nitrogens with zero attached hydrogens (tertiary/aromatic N) is 2. The second-order valence-electron chi connectivity index (χ2n) is 7.55. The van der Waals surface area contributed by atoms with Gasteiger partial charge in [-0.25, -0.2) is 0 Å². The molecule has 0 amide bonds. The van der Waals surface area contributed by atoms with E-state index in [0.717, 1.165) is 30.8 Å². The molecule has 1 saturated heterocycles. The summed E-state index contributed by atoms with van der Waals surface area (Å²) in [5.74, 6) is 1.78. The Morgan fingerprint density at radius 1 is 1.31 bits per heavy atom. The number of aliphatic imine (C=N–C) groups is 1. The molecule has 1 aromatic carbocycles. The molecule has 5 nitrogen and oxygen atoms in total. The smallest absolute Gasteiger partial charge is 0.191 e. The van der Waals surface area contributed by atoms with Crippen molar-refractivity contribution in [1.82, 2.24) is 15.5 Å². The lowest BCUT2D eigenvalue weighted by atomic mass is 10.2. The number of aryl methyl sites for hydroxylation is 1. The maximum absolute atomic E-state index is 5.95. The van der Waals surface area contributed by atoms with Gasteiger partial charge in [0.25, 0.3) is 0 Å². The minimum atomic E-state index is 0. The molecule has 3 unspecified atom stereocenters. The van der Waals surface area contributed by atoms with Crippen LogP contribution in [0.3, 0.4) is 0 Å². The first-order valence-electron chi connectivity index (χ1n) is 9.51. The van der Waals surface area contributed by atoms with Crippen molar-refractivity contribution in [2.75, 3.05) is 20.1 Å². The number of ether oxygens (including phenoxy) is 1. The summed E-state index contributed by atoms with van der Waals surface area (Å²) in [5.41, 5.74) is 1.24. The van der Waals surface area contributed by atoms with Crippen molar-refractivity contribution in [1.29, 1.82) is 0 Å². The fourth-order valence-corrected chi connectivity index (χ4v) is 3.60. The average Bonchev–Trinajstić information content (AvgIpc) is 3.37. The van der Waals surface area contributed by atoms with Crippen LogP contribution in [-0.4, -0.2) is 55.2 Å². The summed E-state index contributed by atoms with van der Waals surface area (Å²) in [6.07, 6.45) is 4.01. The number of nitrogens with one attached hydrogen (secondary N) is 2. The summed E-state index contributed by atoms with van der Waals surface area (Å²) in [6.45, 7) is 8.35. The Hall–Kier alpha value is -1.02. The van der Waals surface area contributed by atoms with Crippen LogP contribution >= 0.6 is 24.0 Å². The maximum atomic E-state index is 5.95. The van der Waals surface area contributed by atoms with Crippen LogP contribution in [0.4, 0.5) is 0 Å². The van der Waals surface area contributed by atoms with Gasteiger partial charge < -0.3 is 15.4 Å². The van der Waals surface area contributed by atoms with E-state index in [1.807, 2.05) is 19.2 Å². The Bertz CT molecular complexity index is 588. The zero-order valence-electron chi connectivity index (χ0n) is 16.4. The lowest BCUT2D eigenvalue weighted by molar-refractivity contribution is 0.223. The Morgan fingerprint density at radius 3 is 2.62 bits per heavy atom. The lowest BCUT2D eigenvalue weighted by Gasteiger charge is -2.21. The highest BCUT2D eigenvalue weighted by Crippen LogP contribution is 2.33. The molecule has 2 N–H and O–H groups in total.